The van der Waals surface area contributed by atoms with E-state index in [0.29, 0.717) is 18.7 Å². The molecule has 116 valence electrons. The van der Waals surface area contributed by atoms with Crippen LogP contribution in [0.4, 0.5) is 14.5 Å². The van der Waals surface area contributed by atoms with E-state index in [2.05, 4.69) is 0 Å². The van der Waals surface area contributed by atoms with E-state index in [0.717, 1.165) is 12.1 Å². The van der Waals surface area contributed by atoms with Crippen molar-refractivity contribution in [1.82, 2.24) is 0 Å². The summed E-state index contributed by atoms with van der Waals surface area (Å²) in [6.45, 7) is 2.30. The minimum absolute atomic E-state index is 0.236. The molecule has 2 unspecified atom stereocenters. The van der Waals surface area contributed by atoms with Crippen molar-refractivity contribution in [3.63, 3.8) is 0 Å². The van der Waals surface area contributed by atoms with E-state index in [-0.39, 0.29) is 6.04 Å². The lowest BCUT2D eigenvalue weighted by atomic mass is 10.0. The Kier molecular flexibility index (Phi) is 4.18. The first kappa shape index (κ1) is 15.7. The van der Waals surface area contributed by atoms with Gasteiger partial charge < -0.3 is 10.0 Å². The fourth-order valence-corrected chi connectivity index (χ4v) is 3.29. The lowest BCUT2D eigenvalue weighted by Crippen LogP contribution is -2.32. The molecule has 2 atom stereocenters. The van der Waals surface area contributed by atoms with Crippen LogP contribution in [0.3, 0.4) is 0 Å². The maximum atomic E-state index is 12.4. The minimum atomic E-state index is -4.60. The second-order valence-corrected chi connectivity index (χ2v) is 6.88. The first-order valence-electron chi connectivity index (χ1n) is 6.36. The predicted octanol–water partition coefficient (Wildman–Crippen LogP) is 1.98. The van der Waals surface area contributed by atoms with Gasteiger partial charge in [-0.1, -0.05) is 0 Å². The molecule has 0 amide bonds. The summed E-state index contributed by atoms with van der Waals surface area (Å²) < 4.78 is 47.5. The van der Waals surface area contributed by atoms with Crippen LogP contribution in [0, 0.1) is 5.92 Å². The standard InChI is InChI=1S/C13H15F2NO4S/c1-8-11(12(17)18)6-7-16(8)9-2-4-10(5-3-9)21(19,20)13(14)15/h2-5,8,11,13H,6-7H2,1H3,(H,17,18). The first-order valence-corrected chi connectivity index (χ1v) is 7.91. The van der Waals surface area contributed by atoms with E-state index in [1.54, 1.807) is 6.92 Å². The summed E-state index contributed by atoms with van der Waals surface area (Å²) in [4.78, 5) is 12.4. The Labute approximate surface area is 121 Å². The Morgan fingerprint density at radius 1 is 1.33 bits per heavy atom. The quantitative estimate of drug-likeness (QED) is 0.918. The van der Waals surface area contributed by atoms with Crippen molar-refractivity contribution < 1.29 is 27.1 Å². The average Bonchev–Trinajstić information content (AvgIpc) is 2.80. The highest BCUT2D eigenvalue weighted by molar-refractivity contribution is 7.91. The lowest BCUT2D eigenvalue weighted by Gasteiger charge is -2.25. The maximum absolute atomic E-state index is 12.4. The van der Waals surface area contributed by atoms with Crippen LogP contribution in [-0.2, 0) is 14.6 Å². The Morgan fingerprint density at radius 3 is 2.33 bits per heavy atom. The fraction of sp³-hybridized carbons (Fsp3) is 0.462. The van der Waals surface area contributed by atoms with Gasteiger partial charge in [0.25, 0.3) is 0 Å². The van der Waals surface area contributed by atoms with Gasteiger partial charge >= 0.3 is 11.7 Å². The topological polar surface area (TPSA) is 74.7 Å². The number of sulfone groups is 1. The predicted molar refractivity (Wildman–Crippen MR) is 72.2 cm³/mol. The van der Waals surface area contributed by atoms with Crippen molar-refractivity contribution in [2.45, 2.75) is 30.0 Å². The molecule has 21 heavy (non-hydrogen) atoms. The molecule has 1 saturated heterocycles. The number of rotatable bonds is 4. The van der Waals surface area contributed by atoms with E-state index >= 15 is 0 Å². The summed E-state index contributed by atoms with van der Waals surface area (Å²) in [6.07, 6.45) is 0.494. The van der Waals surface area contributed by atoms with Crippen LogP contribution in [-0.4, -0.2) is 37.8 Å². The summed E-state index contributed by atoms with van der Waals surface area (Å²) in [5, 5.41) is 9.07. The number of carboxylic acid groups (broad SMARTS) is 1. The molecule has 0 bridgehead atoms. The van der Waals surface area contributed by atoms with Crippen molar-refractivity contribution in [3.05, 3.63) is 24.3 Å². The van der Waals surface area contributed by atoms with Crippen LogP contribution in [0.1, 0.15) is 13.3 Å². The van der Waals surface area contributed by atoms with Gasteiger partial charge in [-0.15, -0.1) is 0 Å². The van der Waals surface area contributed by atoms with Crippen LogP contribution >= 0.6 is 0 Å². The summed E-state index contributed by atoms with van der Waals surface area (Å²) in [5.74, 6) is -4.82. The number of nitrogens with zero attached hydrogens (tertiary/aromatic N) is 1. The highest BCUT2D eigenvalue weighted by Gasteiger charge is 2.36. The van der Waals surface area contributed by atoms with Gasteiger partial charge in [-0.25, -0.2) is 8.42 Å². The van der Waals surface area contributed by atoms with Crippen molar-refractivity contribution in [1.29, 1.82) is 0 Å². The first-order chi connectivity index (χ1) is 9.75. The molecule has 5 nitrogen and oxygen atoms in total. The molecule has 0 aliphatic carbocycles. The second kappa shape index (κ2) is 5.59. The van der Waals surface area contributed by atoms with Crippen molar-refractivity contribution >= 4 is 21.5 Å². The SMILES string of the molecule is CC1C(C(=O)O)CCN1c1ccc(S(=O)(=O)C(F)F)cc1. The van der Waals surface area contributed by atoms with Crippen LogP contribution < -0.4 is 4.90 Å². The van der Waals surface area contributed by atoms with Crippen molar-refractivity contribution in [2.75, 3.05) is 11.4 Å². The number of halogens is 2. The van der Waals surface area contributed by atoms with E-state index in [1.165, 1.54) is 12.1 Å². The van der Waals surface area contributed by atoms with Gasteiger partial charge in [0.1, 0.15) is 0 Å². The van der Waals surface area contributed by atoms with Crippen LogP contribution in [0.2, 0.25) is 0 Å². The van der Waals surface area contributed by atoms with Gasteiger partial charge in [-0.3, -0.25) is 4.79 Å². The number of anilines is 1. The maximum Gasteiger partial charge on any atom is 0.341 e. The number of benzene rings is 1. The molecule has 0 spiro atoms. The number of carbonyl (C=O) groups is 1. The lowest BCUT2D eigenvalue weighted by molar-refractivity contribution is -0.141. The largest absolute Gasteiger partial charge is 0.481 e. The molecule has 1 heterocycles. The van der Waals surface area contributed by atoms with Gasteiger partial charge in [0.05, 0.1) is 10.8 Å². The molecular weight excluding hydrogens is 304 g/mol. The summed E-state index contributed by atoms with van der Waals surface area (Å²) >= 11 is 0. The molecule has 0 saturated carbocycles. The molecule has 1 aromatic rings. The third-order valence-corrected chi connectivity index (χ3v) is 5.20. The number of hydrogen-bond donors (Lipinski definition) is 1. The zero-order valence-corrected chi connectivity index (χ0v) is 12.1. The van der Waals surface area contributed by atoms with Crippen molar-refractivity contribution in [3.8, 4) is 0 Å². The van der Waals surface area contributed by atoms with Crippen LogP contribution in [0.25, 0.3) is 0 Å². The van der Waals surface area contributed by atoms with E-state index < -0.39 is 32.4 Å². The molecule has 8 heteroatoms. The molecule has 1 aliphatic rings. The third-order valence-electron chi connectivity index (χ3n) is 3.80. The van der Waals surface area contributed by atoms with Crippen LogP contribution in [0.15, 0.2) is 29.2 Å². The number of aliphatic carboxylic acids is 1. The number of carboxylic acids is 1. The Hall–Kier alpha value is -1.70. The van der Waals surface area contributed by atoms with Gasteiger partial charge in [0.15, 0.2) is 0 Å². The second-order valence-electron chi connectivity index (χ2n) is 4.97. The molecule has 0 aromatic heterocycles. The molecule has 1 aliphatic heterocycles. The van der Waals surface area contributed by atoms with Gasteiger partial charge in [0, 0.05) is 18.3 Å². The van der Waals surface area contributed by atoms with E-state index in [4.69, 9.17) is 5.11 Å². The molecular formula is C13H15F2NO4S. The monoisotopic (exact) mass is 319 g/mol. The summed E-state index contributed by atoms with van der Waals surface area (Å²) in [6, 6.07) is 4.86. The Morgan fingerprint density at radius 2 is 1.90 bits per heavy atom. The van der Waals surface area contributed by atoms with E-state index in [1.807, 2.05) is 4.90 Å². The van der Waals surface area contributed by atoms with Crippen molar-refractivity contribution in [2.24, 2.45) is 5.92 Å². The highest BCUT2D eigenvalue weighted by Crippen LogP contribution is 2.31. The molecule has 0 radical (unpaired) electrons. The third kappa shape index (κ3) is 2.85. The molecule has 1 aromatic carbocycles. The molecule has 1 fully saturated rings. The van der Waals surface area contributed by atoms with Gasteiger partial charge in [0.2, 0.25) is 9.84 Å². The van der Waals surface area contributed by atoms with E-state index in [9.17, 15) is 22.0 Å². The minimum Gasteiger partial charge on any atom is -0.481 e. The number of alkyl halides is 2. The summed E-state index contributed by atoms with van der Waals surface area (Å²) in [7, 11) is -4.60. The Bertz CT molecular complexity index is 630. The average molecular weight is 319 g/mol. The molecule has 2 rings (SSSR count). The molecule has 1 N–H and O–H groups in total. The zero-order chi connectivity index (χ0) is 15.8. The van der Waals surface area contributed by atoms with Crippen LogP contribution in [0.5, 0.6) is 0 Å². The Balaban J connectivity index is 2.23. The summed E-state index contributed by atoms with van der Waals surface area (Å²) in [5.41, 5.74) is 0.625. The van der Waals surface area contributed by atoms with Gasteiger partial charge in [-0.2, -0.15) is 8.78 Å². The number of hydrogen-bond acceptors (Lipinski definition) is 4. The van der Waals surface area contributed by atoms with Gasteiger partial charge in [-0.05, 0) is 37.6 Å². The fourth-order valence-electron chi connectivity index (χ4n) is 2.56. The normalized spacial score (nSPS) is 22.8. The highest BCUT2D eigenvalue weighted by atomic mass is 32.2. The smallest absolute Gasteiger partial charge is 0.341 e. The zero-order valence-electron chi connectivity index (χ0n) is 11.2.